The van der Waals surface area contributed by atoms with Crippen molar-refractivity contribution in [2.45, 2.75) is 38.2 Å². The zero-order valence-corrected chi connectivity index (χ0v) is 15.7. The van der Waals surface area contributed by atoms with E-state index in [4.69, 9.17) is 21.4 Å². The van der Waals surface area contributed by atoms with Gasteiger partial charge in [-0.2, -0.15) is 4.98 Å². The maximum absolute atomic E-state index is 10.7. The molecule has 3 rings (SSSR count). The maximum Gasteiger partial charge on any atom is 0.303 e. The van der Waals surface area contributed by atoms with Crippen LogP contribution in [0.25, 0.3) is 0 Å². The van der Waals surface area contributed by atoms with Gasteiger partial charge in [0.25, 0.3) is 0 Å². The SMILES string of the molecule is O=C(O)CCCc1ccccc1Nc1ncc(Cl)c(NCC2CCCO2)n1. The number of nitrogens with zero attached hydrogens (tertiary/aromatic N) is 2. The molecule has 2 heterocycles. The predicted molar refractivity (Wildman–Crippen MR) is 105 cm³/mol. The van der Waals surface area contributed by atoms with Crippen molar-refractivity contribution in [1.29, 1.82) is 0 Å². The van der Waals surface area contributed by atoms with Crippen molar-refractivity contribution in [3.8, 4) is 0 Å². The van der Waals surface area contributed by atoms with Crippen molar-refractivity contribution in [1.82, 2.24) is 9.97 Å². The van der Waals surface area contributed by atoms with Crippen LogP contribution in [0, 0.1) is 0 Å². The number of carbonyl (C=O) groups is 1. The summed E-state index contributed by atoms with van der Waals surface area (Å²) in [7, 11) is 0. The number of hydrogen-bond acceptors (Lipinski definition) is 6. The molecule has 0 bridgehead atoms. The number of rotatable bonds is 9. The Labute approximate surface area is 163 Å². The van der Waals surface area contributed by atoms with Gasteiger partial charge in [-0.1, -0.05) is 29.8 Å². The van der Waals surface area contributed by atoms with E-state index in [0.29, 0.717) is 36.2 Å². The van der Waals surface area contributed by atoms with Crippen LogP contribution in [0.1, 0.15) is 31.2 Å². The number of para-hydroxylation sites is 1. The maximum atomic E-state index is 10.7. The lowest BCUT2D eigenvalue weighted by molar-refractivity contribution is -0.137. The van der Waals surface area contributed by atoms with Gasteiger partial charge in [0, 0.05) is 25.3 Å². The number of ether oxygens (including phenoxy) is 1. The number of aliphatic carboxylic acids is 1. The van der Waals surface area contributed by atoms with Crippen molar-refractivity contribution >= 4 is 35.0 Å². The third kappa shape index (κ3) is 5.80. The summed E-state index contributed by atoms with van der Waals surface area (Å²) in [5, 5.41) is 15.7. The number of nitrogens with one attached hydrogen (secondary N) is 2. The highest BCUT2D eigenvalue weighted by Gasteiger charge is 2.16. The van der Waals surface area contributed by atoms with E-state index in [9.17, 15) is 4.79 Å². The lowest BCUT2D eigenvalue weighted by atomic mass is 10.1. The monoisotopic (exact) mass is 390 g/mol. The molecule has 1 aromatic carbocycles. The summed E-state index contributed by atoms with van der Waals surface area (Å²) in [6.07, 6.45) is 5.23. The quantitative estimate of drug-likeness (QED) is 0.598. The summed E-state index contributed by atoms with van der Waals surface area (Å²) in [4.78, 5) is 19.4. The average molecular weight is 391 g/mol. The Balaban J connectivity index is 1.66. The molecule has 1 atom stereocenters. The van der Waals surface area contributed by atoms with Gasteiger partial charge in [-0.25, -0.2) is 4.98 Å². The van der Waals surface area contributed by atoms with Crippen LogP contribution in [0.2, 0.25) is 5.02 Å². The second-order valence-corrected chi connectivity index (χ2v) is 6.84. The number of benzene rings is 1. The predicted octanol–water partition coefficient (Wildman–Crippen LogP) is 3.87. The zero-order chi connectivity index (χ0) is 19.1. The van der Waals surface area contributed by atoms with Crippen LogP contribution in [0.4, 0.5) is 17.5 Å². The molecule has 1 unspecified atom stereocenters. The standard InChI is InChI=1S/C19H23ClN4O3/c20-15-12-22-19(24-18(15)21-11-14-7-4-10-27-14)23-16-8-2-1-5-13(16)6-3-9-17(25)26/h1-2,5,8,12,14H,3-4,6-7,9-11H2,(H,25,26)(H2,21,22,23,24). The Kier molecular flexibility index (Phi) is 6.84. The highest BCUT2D eigenvalue weighted by molar-refractivity contribution is 6.32. The molecular formula is C19H23ClN4O3. The van der Waals surface area contributed by atoms with Gasteiger partial charge < -0.3 is 20.5 Å². The lowest BCUT2D eigenvalue weighted by Crippen LogP contribution is -2.19. The van der Waals surface area contributed by atoms with Crippen molar-refractivity contribution in [2.24, 2.45) is 0 Å². The van der Waals surface area contributed by atoms with Crippen molar-refractivity contribution in [3.63, 3.8) is 0 Å². The average Bonchev–Trinajstić information content (AvgIpc) is 3.17. The number of hydrogen-bond donors (Lipinski definition) is 3. The van der Waals surface area contributed by atoms with E-state index in [0.717, 1.165) is 30.7 Å². The van der Waals surface area contributed by atoms with E-state index >= 15 is 0 Å². The number of halogens is 1. The molecule has 7 nitrogen and oxygen atoms in total. The molecule has 1 aromatic heterocycles. The fourth-order valence-electron chi connectivity index (χ4n) is 2.98. The third-order valence-electron chi connectivity index (χ3n) is 4.37. The van der Waals surface area contributed by atoms with E-state index in [1.165, 1.54) is 0 Å². The summed E-state index contributed by atoms with van der Waals surface area (Å²) in [5.74, 6) is 0.205. The smallest absolute Gasteiger partial charge is 0.303 e. The Morgan fingerprint density at radius 1 is 1.37 bits per heavy atom. The molecular weight excluding hydrogens is 368 g/mol. The molecule has 8 heteroatoms. The summed E-state index contributed by atoms with van der Waals surface area (Å²) in [5.41, 5.74) is 1.88. The summed E-state index contributed by atoms with van der Waals surface area (Å²) < 4.78 is 5.60. The molecule has 2 aromatic rings. The molecule has 144 valence electrons. The van der Waals surface area contributed by atoms with Crippen molar-refractivity contribution in [3.05, 3.63) is 41.0 Å². The Morgan fingerprint density at radius 3 is 3.00 bits per heavy atom. The minimum Gasteiger partial charge on any atom is -0.481 e. The van der Waals surface area contributed by atoms with Crippen LogP contribution in [0.5, 0.6) is 0 Å². The fraction of sp³-hybridized carbons (Fsp3) is 0.421. The second-order valence-electron chi connectivity index (χ2n) is 6.44. The van der Waals surface area contributed by atoms with E-state index in [-0.39, 0.29) is 12.5 Å². The molecule has 0 radical (unpaired) electrons. The van der Waals surface area contributed by atoms with Crippen LogP contribution >= 0.6 is 11.6 Å². The largest absolute Gasteiger partial charge is 0.481 e. The number of carboxylic acid groups (broad SMARTS) is 1. The summed E-state index contributed by atoms with van der Waals surface area (Å²) >= 11 is 6.20. The first kappa shape index (κ1) is 19.4. The number of anilines is 3. The summed E-state index contributed by atoms with van der Waals surface area (Å²) in [6.45, 7) is 1.46. The molecule has 0 spiro atoms. The minimum atomic E-state index is -0.788. The van der Waals surface area contributed by atoms with Gasteiger partial charge in [0.15, 0.2) is 5.82 Å². The third-order valence-corrected chi connectivity index (χ3v) is 4.64. The number of aromatic nitrogens is 2. The lowest BCUT2D eigenvalue weighted by Gasteiger charge is -2.14. The van der Waals surface area contributed by atoms with Gasteiger partial charge in [0.05, 0.1) is 12.3 Å². The first-order valence-corrected chi connectivity index (χ1v) is 9.44. The highest BCUT2D eigenvalue weighted by Crippen LogP contribution is 2.24. The van der Waals surface area contributed by atoms with Gasteiger partial charge in [-0.15, -0.1) is 0 Å². The fourth-order valence-corrected chi connectivity index (χ4v) is 3.14. The van der Waals surface area contributed by atoms with E-state index in [1.807, 2.05) is 24.3 Å². The number of aryl methyl sites for hydroxylation is 1. The molecule has 0 aliphatic carbocycles. The molecule has 27 heavy (non-hydrogen) atoms. The van der Waals surface area contributed by atoms with Gasteiger partial charge in [-0.3, -0.25) is 4.79 Å². The molecule has 1 saturated heterocycles. The Bertz CT molecular complexity index is 781. The molecule has 0 amide bonds. The van der Waals surface area contributed by atoms with Gasteiger partial charge in [-0.05, 0) is 37.3 Å². The van der Waals surface area contributed by atoms with Crippen LogP contribution in [-0.4, -0.2) is 40.3 Å². The van der Waals surface area contributed by atoms with E-state index < -0.39 is 5.97 Å². The van der Waals surface area contributed by atoms with Crippen molar-refractivity contribution in [2.75, 3.05) is 23.8 Å². The first-order chi connectivity index (χ1) is 13.1. The van der Waals surface area contributed by atoms with Gasteiger partial charge >= 0.3 is 5.97 Å². The topological polar surface area (TPSA) is 96.4 Å². The first-order valence-electron chi connectivity index (χ1n) is 9.06. The zero-order valence-electron chi connectivity index (χ0n) is 14.9. The van der Waals surface area contributed by atoms with Crippen LogP contribution < -0.4 is 10.6 Å². The Morgan fingerprint density at radius 2 is 2.22 bits per heavy atom. The van der Waals surface area contributed by atoms with E-state index in [2.05, 4.69) is 20.6 Å². The Hall–Kier alpha value is -2.38. The second kappa shape index (κ2) is 9.53. The van der Waals surface area contributed by atoms with Gasteiger partial charge in [0.2, 0.25) is 5.95 Å². The molecule has 1 aliphatic rings. The van der Waals surface area contributed by atoms with Crippen LogP contribution in [-0.2, 0) is 16.0 Å². The minimum absolute atomic E-state index is 0.142. The highest BCUT2D eigenvalue weighted by atomic mass is 35.5. The number of carboxylic acids is 1. The summed E-state index contributed by atoms with van der Waals surface area (Å²) in [6, 6.07) is 7.73. The van der Waals surface area contributed by atoms with E-state index in [1.54, 1.807) is 6.20 Å². The molecule has 0 saturated carbocycles. The van der Waals surface area contributed by atoms with Crippen LogP contribution in [0.3, 0.4) is 0 Å². The van der Waals surface area contributed by atoms with Crippen LogP contribution in [0.15, 0.2) is 30.5 Å². The molecule has 3 N–H and O–H groups in total. The van der Waals surface area contributed by atoms with Gasteiger partial charge in [0.1, 0.15) is 5.02 Å². The molecule has 1 fully saturated rings. The van der Waals surface area contributed by atoms with Crippen molar-refractivity contribution < 1.29 is 14.6 Å². The normalized spacial score (nSPS) is 16.3. The molecule has 1 aliphatic heterocycles.